The van der Waals surface area contributed by atoms with Crippen LogP contribution in [-0.2, 0) is 11.2 Å². The van der Waals surface area contributed by atoms with Crippen LogP contribution < -0.4 is 5.32 Å². The molecule has 0 fully saturated rings. The van der Waals surface area contributed by atoms with Crippen LogP contribution >= 0.6 is 0 Å². The third kappa shape index (κ3) is 4.93. The predicted molar refractivity (Wildman–Crippen MR) is 77.8 cm³/mol. The van der Waals surface area contributed by atoms with Gasteiger partial charge in [0.2, 0.25) is 5.91 Å². The van der Waals surface area contributed by atoms with E-state index in [1.54, 1.807) is 12.1 Å². The Morgan fingerprint density at radius 1 is 1.25 bits per heavy atom. The Kier molecular flexibility index (Phi) is 6.65. The minimum Gasteiger partial charge on any atom is -0.396 e. The van der Waals surface area contributed by atoms with Gasteiger partial charge in [0.1, 0.15) is 5.82 Å². The van der Waals surface area contributed by atoms with Gasteiger partial charge in [-0.25, -0.2) is 4.39 Å². The maximum atomic E-state index is 12.8. The summed E-state index contributed by atoms with van der Waals surface area (Å²) in [5, 5.41) is 12.3. The Bertz CT molecular complexity index is 405. The number of hydrogen-bond acceptors (Lipinski definition) is 2. The molecule has 1 aromatic rings. The number of carbonyl (C=O) groups excluding carboxylic acids is 1. The number of hydrogen-bond donors (Lipinski definition) is 2. The molecule has 1 aromatic carbocycles. The summed E-state index contributed by atoms with van der Waals surface area (Å²) in [5.41, 5.74) is 0.729. The second-order valence-electron chi connectivity index (χ2n) is 5.27. The molecule has 112 valence electrons. The molecule has 0 heterocycles. The number of rotatable bonds is 8. The predicted octanol–water partition coefficient (Wildman–Crippen LogP) is 2.67. The van der Waals surface area contributed by atoms with E-state index in [1.165, 1.54) is 12.1 Å². The zero-order valence-electron chi connectivity index (χ0n) is 12.3. The SMILES string of the molecule is CCC(CC)(CO)CNC(=O)CCc1ccc(F)cc1. The summed E-state index contributed by atoms with van der Waals surface area (Å²) < 4.78 is 12.8. The van der Waals surface area contributed by atoms with Crippen molar-refractivity contribution in [3.8, 4) is 0 Å². The molecule has 2 N–H and O–H groups in total. The molecule has 0 bridgehead atoms. The summed E-state index contributed by atoms with van der Waals surface area (Å²) >= 11 is 0. The van der Waals surface area contributed by atoms with Gasteiger partial charge < -0.3 is 10.4 Å². The first kappa shape index (κ1) is 16.6. The van der Waals surface area contributed by atoms with Gasteiger partial charge in [-0.3, -0.25) is 4.79 Å². The number of aryl methyl sites for hydroxylation is 1. The average molecular weight is 281 g/mol. The lowest BCUT2D eigenvalue weighted by Gasteiger charge is -2.29. The number of halogens is 1. The Morgan fingerprint density at radius 2 is 1.85 bits per heavy atom. The maximum absolute atomic E-state index is 12.8. The van der Waals surface area contributed by atoms with Gasteiger partial charge in [0.15, 0.2) is 0 Å². The van der Waals surface area contributed by atoms with Crippen molar-refractivity contribution in [1.82, 2.24) is 5.32 Å². The minimum absolute atomic E-state index is 0.0333. The summed E-state index contributed by atoms with van der Waals surface area (Å²) in [6.45, 7) is 4.62. The second-order valence-corrected chi connectivity index (χ2v) is 5.27. The van der Waals surface area contributed by atoms with Crippen LogP contribution in [0.15, 0.2) is 24.3 Å². The molecule has 1 amide bonds. The largest absolute Gasteiger partial charge is 0.396 e. The number of amides is 1. The monoisotopic (exact) mass is 281 g/mol. The molecule has 0 unspecified atom stereocenters. The molecule has 0 aromatic heterocycles. The number of carbonyl (C=O) groups is 1. The summed E-state index contributed by atoms with van der Waals surface area (Å²) in [7, 11) is 0. The maximum Gasteiger partial charge on any atom is 0.220 e. The van der Waals surface area contributed by atoms with Crippen molar-refractivity contribution >= 4 is 5.91 Å². The molecule has 0 spiro atoms. The van der Waals surface area contributed by atoms with Gasteiger partial charge in [0, 0.05) is 18.4 Å². The third-order valence-corrected chi connectivity index (χ3v) is 4.05. The topological polar surface area (TPSA) is 49.3 Å². The normalized spacial score (nSPS) is 11.4. The van der Waals surface area contributed by atoms with E-state index >= 15 is 0 Å². The van der Waals surface area contributed by atoms with E-state index in [0.29, 0.717) is 19.4 Å². The molecule has 0 aliphatic rings. The van der Waals surface area contributed by atoms with Crippen molar-refractivity contribution in [3.63, 3.8) is 0 Å². The Hall–Kier alpha value is -1.42. The van der Waals surface area contributed by atoms with Gasteiger partial charge in [0.25, 0.3) is 0 Å². The molecule has 0 radical (unpaired) electrons. The molecule has 0 saturated heterocycles. The first-order chi connectivity index (χ1) is 9.55. The van der Waals surface area contributed by atoms with Crippen LogP contribution in [0, 0.1) is 11.2 Å². The van der Waals surface area contributed by atoms with E-state index in [-0.39, 0.29) is 23.7 Å². The van der Waals surface area contributed by atoms with E-state index < -0.39 is 0 Å². The number of aliphatic hydroxyl groups is 1. The van der Waals surface area contributed by atoms with E-state index in [4.69, 9.17) is 0 Å². The smallest absolute Gasteiger partial charge is 0.220 e. The zero-order valence-corrected chi connectivity index (χ0v) is 12.3. The lowest BCUT2D eigenvalue weighted by Crippen LogP contribution is -2.39. The fourth-order valence-electron chi connectivity index (χ4n) is 2.06. The zero-order chi connectivity index (χ0) is 15.0. The lowest BCUT2D eigenvalue weighted by molar-refractivity contribution is -0.121. The van der Waals surface area contributed by atoms with Crippen LogP contribution in [0.5, 0.6) is 0 Å². The summed E-state index contributed by atoms with van der Waals surface area (Å²) in [4.78, 5) is 11.8. The van der Waals surface area contributed by atoms with Crippen molar-refractivity contribution in [2.45, 2.75) is 39.5 Å². The van der Waals surface area contributed by atoms with E-state index in [0.717, 1.165) is 18.4 Å². The van der Waals surface area contributed by atoms with Gasteiger partial charge in [-0.2, -0.15) is 0 Å². The van der Waals surface area contributed by atoms with Gasteiger partial charge in [0.05, 0.1) is 6.61 Å². The average Bonchev–Trinajstić information content (AvgIpc) is 2.48. The van der Waals surface area contributed by atoms with Crippen LogP contribution in [0.3, 0.4) is 0 Å². The van der Waals surface area contributed by atoms with Crippen molar-refractivity contribution in [3.05, 3.63) is 35.6 Å². The lowest BCUT2D eigenvalue weighted by atomic mass is 9.83. The highest BCUT2D eigenvalue weighted by Gasteiger charge is 2.25. The summed E-state index contributed by atoms with van der Waals surface area (Å²) in [6, 6.07) is 6.19. The van der Waals surface area contributed by atoms with Crippen molar-refractivity contribution in [1.29, 1.82) is 0 Å². The van der Waals surface area contributed by atoms with Crippen LogP contribution in [0.2, 0.25) is 0 Å². The number of aliphatic hydroxyl groups excluding tert-OH is 1. The molecule has 0 saturated carbocycles. The molecule has 0 atom stereocenters. The fourth-order valence-corrected chi connectivity index (χ4v) is 2.06. The molecule has 4 heteroatoms. The number of benzene rings is 1. The van der Waals surface area contributed by atoms with Crippen LogP contribution in [0.1, 0.15) is 38.7 Å². The highest BCUT2D eigenvalue weighted by Crippen LogP contribution is 2.24. The van der Waals surface area contributed by atoms with Crippen LogP contribution in [0.25, 0.3) is 0 Å². The minimum atomic E-state index is -0.267. The van der Waals surface area contributed by atoms with Gasteiger partial charge in [-0.1, -0.05) is 26.0 Å². The van der Waals surface area contributed by atoms with Crippen molar-refractivity contribution in [2.24, 2.45) is 5.41 Å². The Labute approximate surface area is 120 Å². The van der Waals surface area contributed by atoms with Gasteiger partial charge >= 0.3 is 0 Å². The first-order valence-electron chi connectivity index (χ1n) is 7.17. The molecular weight excluding hydrogens is 257 g/mol. The molecule has 0 aliphatic heterocycles. The standard InChI is InChI=1S/C16H24FNO2/c1-3-16(4-2,12-19)11-18-15(20)10-7-13-5-8-14(17)9-6-13/h5-6,8-9,19H,3-4,7,10-12H2,1-2H3,(H,18,20). The highest BCUT2D eigenvalue weighted by molar-refractivity contribution is 5.76. The molecule has 1 rings (SSSR count). The Morgan fingerprint density at radius 3 is 2.35 bits per heavy atom. The molecule has 3 nitrogen and oxygen atoms in total. The fraction of sp³-hybridized carbons (Fsp3) is 0.562. The quantitative estimate of drug-likeness (QED) is 0.769. The Balaban J connectivity index is 2.38. The van der Waals surface area contributed by atoms with E-state index in [2.05, 4.69) is 5.32 Å². The third-order valence-electron chi connectivity index (χ3n) is 4.05. The second kappa shape index (κ2) is 8.00. The molecule has 20 heavy (non-hydrogen) atoms. The van der Waals surface area contributed by atoms with Crippen molar-refractivity contribution < 1.29 is 14.3 Å². The van der Waals surface area contributed by atoms with E-state index in [1.807, 2.05) is 13.8 Å². The summed E-state index contributed by atoms with van der Waals surface area (Å²) in [6.07, 6.45) is 2.63. The van der Waals surface area contributed by atoms with Crippen LogP contribution in [-0.4, -0.2) is 24.2 Å². The van der Waals surface area contributed by atoms with Gasteiger partial charge in [-0.05, 0) is 37.0 Å². The van der Waals surface area contributed by atoms with Crippen LogP contribution in [0.4, 0.5) is 4.39 Å². The molecular formula is C16H24FNO2. The first-order valence-corrected chi connectivity index (χ1v) is 7.17. The van der Waals surface area contributed by atoms with Crippen molar-refractivity contribution in [2.75, 3.05) is 13.2 Å². The molecule has 0 aliphatic carbocycles. The number of nitrogens with one attached hydrogen (secondary N) is 1. The highest BCUT2D eigenvalue weighted by atomic mass is 19.1. The van der Waals surface area contributed by atoms with E-state index in [9.17, 15) is 14.3 Å². The summed E-state index contributed by atoms with van der Waals surface area (Å²) in [5.74, 6) is -0.300. The van der Waals surface area contributed by atoms with Gasteiger partial charge in [-0.15, -0.1) is 0 Å².